The Morgan fingerprint density at radius 2 is 2.00 bits per heavy atom. The highest BCUT2D eigenvalue weighted by molar-refractivity contribution is 9.10. The van der Waals surface area contributed by atoms with Gasteiger partial charge in [-0.05, 0) is 36.4 Å². The van der Waals surface area contributed by atoms with Crippen LogP contribution in [0.5, 0.6) is 5.75 Å². The minimum absolute atomic E-state index is 0.0361. The smallest absolute Gasteiger partial charge is 0.253 e. The Balaban J connectivity index is 1.87. The van der Waals surface area contributed by atoms with Crippen molar-refractivity contribution in [1.82, 2.24) is 4.90 Å². The van der Waals surface area contributed by atoms with E-state index in [9.17, 15) is 4.79 Å². The number of hydrogen-bond acceptors (Lipinski definition) is 2. The van der Waals surface area contributed by atoms with E-state index in [0.29, 0.717) is 29.5 Å². The van der Waals surface area contributed by atoms with Crippen molar-refractivity contribution in [2.75, 3.05) is 20.2 Å². The first-order chi connectivity index (χ1) is 10.1. The van der Waals surface area contributed by atoms with E-state index in [-0.39, 0.29) is 5.91 Å². The lowest BCUT2D eigenvalue weighted by Gasteiger charge is -2.17. The Hall–Kier alpha value is -1.52. The number of carbonyl (C=O) groups is 1. The summed E-state index contributed by atoms with van der Waals surface area (Å²) in [6.07, 6.45) is 0. The Morgan fingerprint density at radius 1 is 1.24 bits per heavy atom. The monoisotopic (exact) mass is 367 g/mol. The molecule has 2 rings (SSSR count). The average molecular weight is 369 g/mol. The summed E-state index contributed by atoms with van der Waals surface area (Å²) >= 11 is 9.24. The minimum atomic E-state index is -0.0361. The maximum Gasteiger partial charge on any atom is 0.253 e. The van der Waals surface area contributed by atoms with E-state index in [1.165, 1.54) is 0 Å². The fourth-order valence-corrected chi connectivity index (χ4v) is 2.38. The van der Waals surface area contributed by atoms with Crippen LogP contribution in [0.3, 0.4) is 0 Å². The van der Waals surface area contributed by atoms with Crippen LogP contribution in [0.2, 0.25) is 5.02 Å². The van der Waals surface area contributed by atoms with E-state index >= 15 is 0 Å². The van der Waals surface area contributed by atoms with Gasteiger partial charge in [0.1, 0.15) is 12.4 Å². The summed E-state index contributed by atoms with van der Waals surface area (Å²) in [5.41, 5.74) is 0.648. The molecule has 1 amide bonds. The van der Waals surface area contributed by atoms with Crippen molar-refractivity contribution in [1.29, 1.82) is 0 Å². The molecule has 0 radical (unpaired) electrons. The molecule has 0 aromatic heterocycles. The van der Waals surface area contributed by atoms with Crippen LogP contribution < -0.4 is 4.74 Å². The molecule has 3 nitrogen and oxygen atoms in total. The lowest BCUT2D eigenvalue weighted by Crippen LogP contribution is -2.30. The first-order valence-corrected chi connectivity index (χ1v) is 7.63. The number of rotatable bonds is 5. The normalized spacial score (nSPS) is 10.2. The lowest BCUT2D eigenvalue weighted by atomic mass is 10.2. The molecule has 21 heavy (non-hydrogen) atoms. The number of benzene rings is 2. The SMILES string of the molecule is CN(CCOc1cccc(Cl)c1)C(=O)c1cccc(Br)c1. The lowest BCUT2D eigenvalue weighted by molar-refractivity contribution is 0.0773. The van der Waals surface area contributed by atoms with Crippen molar-refractivity contribution in [3.05, 3.63) is 63.6 Å². The molecule has 0 N–H and O–H groups in total. The topological polar surface area (TPSA) is 29.5 Å². The zero-order valence-electron chi connectivity index (χ0n) is 11.6. The molecule has 110 valence electrons. The Morgan fingerprint density at radius 3 is 2.71 bits per heavy atom. The van der Waals surface area contributed by atoms with Crippen molar-refractivity contribution in [3.8, 4) is 5.75 Å². The first-order valence-electron chi connectivity index (χ1n) is 6.45. The van der Waals surface area contributed by atoms with Crippen molar-refractivity contribution >= 4 is 33.4 Å². The third kappa shape index (κ3) is 4.76. The van der Waals surface area contributed by atoms with Gasteiger partial charge in [-0.1, -0.05) is 39.7 Å². The van der Waals surface area contributed by atoms with Crippen molar-refractivity contribution in [2.45, 2.75) is 0 Å². The Kier molecular flexibility index (Phi) is 5.65. The van der Waals surface area contributed by atoms with Gasteiger partial charge in [0.25, 0.3) is 5.91 Å². The maximum absolute atomic E-state index is 12.2. The van der Waals surface area contributed by atoms with Gasteiger partial charge in [-0.2, -0.15) is 0 Å². The second kappa shape index (κ2) is 7.48. The van der Waals surface area contributed by atoms with Crippen LogP contribution in [0, 0.1) is 0 Å². The van der Waals surface area contributed by atoms with Crippen LogP contribution in [0.4, 0.5) is 0 Å². The maximum atomic E-state index is 12.2. The van der Waals surface area contributed by atoms with Crippen LogP contribution in [-0.4, -0.2) is 31.0 Å². The van der Waals surface area contributed by atoms with E-state index in [1.54, 1.807) is 36.2 Å². The molecule has 0 bridgehead atoms. The van der Waals surface area contributed by atoms with E-state index < -0.39 is 0 Å². The molecule has 0 saturated carbocycles. The summed E-state index contributed by atoms with van der Waals surface area (Å²) in [7, 11) is 1.75. The highest BCUT2D eigenvalue weighted by atomic mass is 79.9. The van der Waals surface area contributed by atoms with Gasteiger partial charge >= 0.3 is 0 Å². The molecule has 0 aliphatic heterocycles. The van der Waals surface area contributed by atoms with Gasteiger partial charge in [-0.15, -0.1) is 0 Å². The summed E-state index contributed by atoms with van der Waals surface area (Å²) in [4.78, 5) is 13.9. The second-order valence-electron chi connectivity index (χ2n) is 4.54. The number of halogens is 2. The highest BCUT2D eigenvalue weighted by Gasteiger charge is 2.11. The van der Waals surface area contributed by atoms with Gasteiger partial charge in [0.2, 0.25) is 0 Å². The molecule has 2 aromatic rings. The van der Waals surface area contributed by atoms with Gasteiger partial charge in [0, 0.05) is 22.1 Å². The fourth-order valence-electron chi connectivity index (χ4n) is 1.80. The number of hydrogen-bond donors (Lipinski definition) is 0. The fraction of sp³-hybridized carbons (Fsp3) is 0.188. The number of likely N-dealkylation sites (N-methyl/N-ethyl adjacent to an activating group) is 1. The predicted molar refractivity (Wildman–Crippen MR) is 88.0 cm³/mol. The molecule has 0 aliphatic carbocycles. The Labute approximate surface area is 137 Å². The number of amides is 1. The predicted octanol–water partition coefficient (Wildman–Crippen LogP) is 4.25. The van der Waals surface area contributed by atoms with Crippen molar-refractivity contribution in [3.63, 3.8) is 0 Å². The van der Waals surface area contributed by atoms with Gasteiger partial charge < -0.3 is 9.64 Å². The van der Waals surface area contributed by atoms with Crippen molar-refractivity contribution < 1.29 is 9.53 Å². The molecule has 5 heteroatoms. The zero-order valence-corrected chi connectivity index (χ0v) is 13.9. The number of ether oxygens (including phenoxy) is 1. The van der Waals surface area contributed by atoms with Gasteiger partial charge in [0.15, 0.2) is 0 Å². The number of carbonyl (C=O) groups excluding carboxylic acids is 1. The van der Waals surface area contributed by atoms with Crippen LogP contribution in [0.1, 0.15) is 10.4 Å². The number of nitrogens with zero attached hydrogens (tertiary/aromatic N) is 1. The summed E-state index contributed by atoms with van der Waals surface area (Å²) in [5, 5.41) is 0.631. The molecule has 0 heterocycles. The second-order valence-corrected chi connectivity index (χ2v) is 5.90. The minimum Gasteiger partial charge on any atom is -0.492 e. The van der Waals surface area contributed by atoms with Crippen LogP contribution in [-0.2, 0) is 0 Å². The van der Waals surface area contributed by atoms with Gasteiger partial charge in [-0.3, -0.25) is 4.79 Å². The van der Waals surface area contributed by atoms with E-state index in [2.05, 4.69) is 15.9 Å². The van der Waals surface area contributed by atoms with E-state index in [0.717, 1.165) is 4.47 Å². The summed E-state index contributed by atoms with van der Waals surface area (Å²) < 4.78 is 6.47. The van der Waals surface area contributed by atoms with Gasteiger partial charge in [0.05, 0.1) is 6.54 Å². The molecular weight excluding hydrogens is 354 g/mol. The van der Waals surface area contributed by atoms with Crippen LogP contribution >= 0.6 is 27.5 Å². The molecule has 0 atom stereocenters. The molecule has 2 aromatic carbocycles. The average Bonchev–Trinajstić information content (AvgIpc) is 2.46. The standard InChI is InChI=1S/C16H15BrClNO2/c1-19(16(20)12-4-2-5-13(17)10-12)8-9-21-15-7-3-6-14(18)11-15/h2-7,10-11H,8-9H2,1H3. The quantitative estimate of drug-likeness (QED) is 0.789. The Bertz CT molecular complexity index is 633. The van der Waals surface area contributed by atoms with Crippen LogP contribution in [0.25, 0.3) is 0 Å². The summed E-state index contributed by atoms with van der Waals surface area (Å²) in [5.74, 6) is 0.664. The molecule has 0 aliphatic rings. The first kappa shape index (κ1) is 15.9. The molecular formula is C16H15BrClNO2. The van der Waals surface area contributed by atoms with E-state index in [1.807, 2.05) is 24.3 Å². The third-order valence-corrected chi connectivity index (χ3v) is 3.64. The summed E-state index contributed by atoms with van der Waals surface area (Å²) in [6, 6.07) is 14.5. The van der Waals surface area contributed by atoms with E-state index in [4.69, 9.17) is 16.3 Å². The molecule has 0 fully saturated rings. The molecule has 0 unspecified atom stereocenters. The van der Waals surface area contributed by atoms with Gasteiger partial charge in [-0.25, -0.2) is 0 Å². The zero-order chi connectivity index (χ0) is 15.2. The van der Waals surface area contributed by atoms with Crippen molar-refractivity contribution in [2.24, 2.45) is 0 Å². The van der Waals surface area contributed by atoms with Crippen LogP contribution in [0.15, 0.2) is 53.0 Å². The highest BCUT2D eigenvalue weighted by Crippen LogP contribution is 2.17. The third-order valence-electron chi connectivity index (χ3n) is 2.91. The molecule has 0 spiro atoms. The summed E-state index contributed by atoms with van der Waals surface area (Å²) in [6.45, 7) is 0.911. The molecule has 0 saturated heterocycles. The largest absolute Gasteiger partial charge is 0.492 e.